The first-order valence-corrected chi connectivity index (χ1v) is 8.94. The average molecular weight is 421 g/mol. The molecule has 0 heterocycles. The van der Waals surface area contributed by atoms with Crippen molar-refractivity contribution < 1.29 is 14.4 Å². The summed E-state index contributed by atoms with van der Waals surface area (Å²) in [6.07, 6.45) is 0. The van der Waals surface area contributed by atoms with Crippen LogP contribution in [0, 0.1) is 0 Å². The average Bonchev–Trinajstić information content (AvgIpc) is 2.94. The molecule has 5 nitrogen and oxygen atoms in total. The Bertz CT molecular complexity index is 1140. The van der Waals surface area contributed by atoms with Crippen molar-refractivity contribution >= 4 is 39.2 Å². The number of halogens is 1. The number of hydrogen-bond acceptors (Lipinski definition) is 4. The number of anilines is 1. The van der Waals surface area contributed by atoms with Gasteiger partial charge in [-0.1, -0.05) is 46.3 Å². The molecule has 3 aromatic carbocycles. The quantitative estimate of drug-likeness (QED) is 0.381. The van der Waals surface area contributed by atoms with Crippen LogP contribution in [0.2, 0.25) is 0 Å². The lowest BCUT2D eigenvalue weighted by atomic mass is 9.99. The Balaban J connectivity index is 1.74. The first kappa shape index (κ1) is 17.2. The Labute approximate surface area is 163 Å². The molecule has 0 spiro atoms. The van der Waals surface area contributed by atoms with Crippen LogP contribution < -0.4 is 11.1 Å². The molecule has 0 saturated carbocycles. The lowest BCUT2D eigenvalue weighted by Crippen LogP contribution is -2.31. The highest BCUT2D eigenvalue weighted by Gasteiger charge is 2.31. The van der Waals surface area contributed by atoms with E-state index in [-0.39, 0.29) is 22.6 Å². The molecule has 4 rings (SSSR count). The molecular formula is C21H13BrN2O3. The highest BCUT2D eigenvalue weighted by Crippen LogP contribution is 2.40. The minimum atomic E-state index is -0.587. The van der Waals surface area contributed by atoms with Crippen molar-refractivity contribution in [3.63, 3.8) is 0 Å². The van der Waals surface area contributed by atoms with Crippen LogP contribution in [-0.2, 0) is 0 Å². The van der Waals surface area contributed by atoms with Gasteiger partial charge in [-0.05, 0) is 35.9 Å². The Hall–Kier alpha value is -3.25. The summed E-state index contributed by atoms with van der Waals surface area (Å²) in [6.45, 7) is 0. The van der Waals surface area contributed by atoms with Gasteiger partial charge in [-0.15, -0.1) is 0 Å². The van der Waals surface area contributed by atoms with Crippen LogP contribution in [0.1, 0.15) is 36.6 Å². The lowest BCUT2D eigenvalue weighted by molar-refractivity contribution is 0.0850. The minimum Gasteiger partial charge on any atom is -0.398 e. The van der Waals surface area contributed by atoms with Crippen molar-refractivity contribution in [1.29, 1.82) is 0 Å². The molecule has 0 radical (unpaired) electrons. The zero-order valence-electron chi connectivity index (χ0n) is 14.0. The summed E-state index contributed by atoms with van der Waals surface area (Å²) < 4.78 is 0.781. The van der Waals surface area contributed by atoms with Crippen LogP contribution in [0.3, 0.4) is 0 Å². The van der Waals surface area contributed by atoms with Gasteiger partial charge >= 0.3 is 0 Å². The molecule has 6 heteroatoms. The van der Waals surface area contributed by atoms with Gasteiger partial charge < -0.3 is 5.73 Å². The van der Waals surface area contributed by atoms with Crippen LogP contribution in [0.5, 0.6) is 0 Å². The van der Waals surface area contributed by atoms with Gasteiger partial charge in [0.25, 0.3) is 11.8 Å². The molecule has 1 aliphatic carbocycles. The van der Waals surface area contributed by atoms with Gasteiger partial charge in [0.05, 0.1) is 5.56 Å². The van der Waals surface area contributed by atoms with E-state index in [4.69, 9.17) is 5.73 Å². The van der Waals surface area contributed by atoms with Gasteiger partial charge in [-0.25, -0.2) is 0 Å². The Morgan fingerprint density at radius 3 is 2.30 bits per heavy atom. The summed E-state index contributed by atoms with van der Waals surface area (Å²) in [5.41, 5.74) is 8.76. The Morgan fingerprint density at radius 2 is 1.52 bits per heavy atom. The number of amides is 2. The molecule has 0 bridgehead atoms. The van der Waals surface area contributed by atoms with Gasteiger partial charge in [-0.3, -0.25) is 19.7 Å². The molecule has 1 aliphatic rings. The fourth-order valence-corrected chi connectivity index (χ4v) is 3.59. The van der Waals surface area contributed by atoms with E-state index < -0.39 is 11.8 Å². The largest absolute Gasteiger partial charge is 0.398 e. The van der Waals surface area contributed by atoms with E-state index in [1.54, 1.807) is 54.6 Å². The molecule has 2 amide bonds. The molecule has 132 valence electrons. The van der Waals surface area contributed by atoms with Crippen LogP contribution in [-0.4, -0.2) is 17.6 Å². The smallest absolute Gasteiger partial charge is 0.260 e. The molecule has 3 N–H and O–H groups in total. The number of carbonyl (C=O) groups is 3. The van der Waals surface area contributed by atoms with Gasteiger partial charge in [0.15, 0.2) is 5.78 Å². The Kier molecular flexibility index (Phi) is 4.12. The number of carbonyl (C=O) groups excluding carboxylic acids is 3. The van der Waals surface area contributed by atoms with E-state index in [2.05, 4.69) is 21.2 Å². The number of nitrogen functional groups attached to an aromatic ring is 1. The van der Waals surface area contributed by atoms with E-state index in [0.717, 1.165) is 4.47 Å². The van der Waals surface area contributed by atoms with Crippen molar-refractivity contribution in [3.8, 4) is 11.1 Å². The van der Waals surface area contributed by atoms with Crippen LogP contribution in [0.4, 0.5) is 5.69 Å². The highest BCUT2D eigenvalue weighted by molar-refractivity contribution is 9.10. The van der Waals surface area contributed by atoms with Crippen molar-refractivity contribution in [2.45, 2.75) is 0 Å². The third kappa shape index (κ3) is 2.84. The van der Waals surface area contributed by atoms with Crippen molar-refractivity contribution in [3.05, 3.63) is 87.4 Å². The number of fused-ring (bicyclic) bond motifs is 3. The summed E-state index contributed by atoms with van der Waals surface area (Å²) in [4.78, 5) is 37.9. The van der Waals surface area contributed by atoms with Gasteiger partial charge in [-0.2, -0.15) is 0 Å². The van der Waals surface area contributed by atoms with Gasteiger partial charge in [0, 0.05) is 32.4 Å². The summed E-state index contributed by atoms with van der Waals surface area (Å²) >= 11 is 3.36. The molecule has 0 aromatic heterocycles. The normalized spacial score (nSPS) is 11.7. The standard InChI is InChI=1S/C21H13BrN2O3/c22-11-8-9-12-16(10-11)19(25)14-5-3-6-15(18(12)14)21(27)24-20(26)13-4-1-2-7-17(13)23/h1-10H,23H2,(H,24,26,27). The number of nitrogens with two attached hydrogens (primary N) is 1. The molecule has 0 unspecified atom stereocenters. The third-order valence-corrected chi connectivity index (χ3v) is 4.98. The first-order valence-electron chi connectivity index (χ1n) is 8.15. The Morgan fingerprint density at radius 1 is 0.815 bits per heavy atom. The third-order valence-electron chi connectivity index (χ3n) is 4.48. The molecule has 0 saturated heterocycles. The SMILES string of the molecule is Nc1ccccc1C(=O)NC(=O)c1cccc2c1-c1ccc(Br)cc1C2=O. The monoisotopic (exact) mass is 420 g/mol. The highest BCUT2D eigenvalue weighted by atomic mass is 79.9. The number of nitrogens with one attached hydrogen (secondary N) is 1. The van der Waals surface area contributed by atoms with Gasteiger partial charge in [0.2, 0.25) is 0 Å². The van der Waals surface area contributed by atoms with E-state index >= 15 is 0 Å². The maximum Gasteiger partial charge on any atom is 0.260 e. The van der Waals surface area contributed by atoms with Crippen LogP contribution in [0.25, 0.3) is 11.1 Å². The minimum absolute atomic E-state index is 0.144. The fourth-order valence-electron chi connectivity index (χ4n) is 3.23. The summed E-state index contributed by atoms with van der Waals surface area (Å²) in [7, 11) is 0. The topological polar surface area (TPSA) is 89.3 Å². The second kappa shape index (κ2) is 6.48. The molecule has 3 aromatic rings. The maximum absolute atomic E-state index is 12.8. The second-order valence-electron chi connectivity index (χ2n) is 6.12. The number of rotatable bonds is 2. The molecule has 0 fully saturated rings. The number of para-hydroxylation sites is 1. The van der Waals surface area contributed by atoms with Crippen LogP contribution >= 0.6 is 15.9 Å². The van der Waals surface area contributed by atoms with Crippen molar-refractivity contribution in [2.75, 3.05) is 5.73 Å². The summed E-state index contributed by atoms with van der Waals surface area (Å²) in [5.74, 6) is -1.31. The first-order chi connectivity index (χ1) is 13.0. The number of benzene rings is 3. The van der Waals surface area contributed by atoms with Crippen molar-refractivity contribution in [2.24, 2.45) is 0 Å². The predicted molar refractivity (Wildman–Crippen MR) is 106 cm³/mol. The summed E-state index contributed by atoms with van der Waals surface area (Å²) in [5, 5.41) is 2.36. The zero-order valence-corrected chi connectivity index (χ0v) is 15.5. The lowest BCUT2D eigenvalue weighted by Gasteiger charge is -2.10. The van der Waals surface area contributed by atoms with Crippen LogP contribution in [0.15, 0.2) is 65.1 Å². The number of imide groups is 1. The number of hydrogen-bond donors (Lipinski definition) is 2. The molecule has 0 atom stereocenters. The maximum atomic E-state index is 12.8. The van der Waals surface area contributed by atoms with E-state index in [1.807, 2.05) is 6.07 Å². The number of ketones is 1. The zero-order chi connectivity index (χ0) is 19.1. The van der Waals surface area contributed by atoms with E-state index in [1.165, 1.54) is 0 Å². The predicted octanol–water partition coefficient (Wildman–Crippen LogP) is 3.81. The van der Waals surface area contributed by atoms with Gasteiger partial charge in [0.1, 0.15) is 0 Å². The second-order valence-corrected chi connectivity index (χ2v) is 7.03. The molecular weight excluding hydrogens is 408 g/mol. The van der Waals surface area contributed by atoms with E-state index in [9.17, 15) is 14.4 Å². The molecule has 27 heavy (non-hydrogen) atoms. The van der Waals surface area contributed by atoms with E-state index in [0.29, 0.717) is 22.3 Å². The fraction of sp³-hybridized carbons (Fsp3) is 0. The van der Waals surface area contributed by atoms with Crippen molar-refractivity contribution in [1.82, 2.24) is 5.32 Å². The molecule has 0 aliphatic heterocycles. The summed E-state index contributed by atoms with van der Waals surface area (Å²) in [6, 6.07) is 16.8.